The summed E-state index contributed by atoms with van der Waals surface area (Å²) in [5, 5.41) is 6.57. The third kappa shape index (κ3) is 8.67. The molecule has 0 spiro atoms. The van der Waals surface area contributed by atoms with Crippen molar-refractivity contribution in [1.82, 2.24) is 15.5 Å². The molecule has 1 aromatic rings. The highest BCUT2D eigenvalue weighted by atomic mass is 127. The lowest BCUT2D eigenvalue weighted by Crippen LogP contribution is -2.44. The molecular weight excluding hydrogens is 483 g/mol. The number of carbonyl (C=O) groups is 1. The predicted molar refractivity (Wildman–Crippen MR) is 127 cm³/mol. The quantitative estimate of drug-likeness (QED) is 0.315. The molecule has 1 amide bonds. The summed E-state index contributed by atoms with van der Waals surface area (Å²) in [4.78, 5) is 18.2. The normalized spacial score (nSPS) is 14.6. The number of hydrogen-bond donors (Lipinski definition) is 2. The Kier molecular flexibility index (Phi) is 11.8. The summed E-state index contributed by atoms with van der Waals surface area (Å²) in [6.07, 6.45) is 6.44. The number of hydrogen-bond acceptors (Lipinski definition) is 4. The van der Waals surface area contributed by atoms with E-state index in [2.05, 4.69) is 15.6 Å². The van der Waals surface area contributed by atoms with Crippen molar-refractivity contribution in [2.75, 3.05) is 41.4 Å². The number of guanidine groups is 1. The number of halogens is 1. The summed E-state index contributed by atoms with van der Waals surface area (Å²) in [5.41, 5.74) is 0.959. The van der Waals surface area contributed by atoms with Gasteiger partial charge in [-0.3, -0.25) is 4.79 Å². The summed E-state index contributed by atoms with van der Waals surface area (Å²) >= 11 is 0. The minimum absolute atomic E-state index is 0. The Bertz CT molecular complexity index is 661. The van der Waals surface area contributed by atoms with E-state index in [1.165, 1.54) is 32.1 Å². The van der Waals surface area contributed by atoms with Gasteiger partial charge in [0.25, 0.3) is 0 Å². The average molecular weight is 518 g/mol. The van der Waals surface area contributed by atoms with Gasteiger partial charge in [0, 0.05) is 32.3 Å². The van der Waals surface area contributed by atoms with Crippen LogP contribution in [0.2, 0.25) is 0 Å². The Hall–Kier alpha value is -1.71. The Morgan fingerprint density at radius 1 is 1.14 bits per heavy atom. The maximum absolute atomic E-state index is 11.9. The molecule has 0 radical (unpaired) electrons. The van der Waals surface area contributed by atoms with Crippen LogP contribution in [0.3, 0.4) is 0 Å². The highest BCUT2D eigenvalue weighted by Gasteiger charge is 2.14. The van der Waals surface area contributed by atoms with Gasteiger partial charge in [0.1, 0.15) is 11.5 Å². The van der Waals surface area contributed by atoms with Gasteiger partial charge in [-0.15, -0.1) is 24.0 Å². The monoisotopic (exact) mass is 518 g/mol. The van der Waals surface area contributed by atoms with Crippen molar-refractivity contribution >= 4 is 35.8 Å². The molecule has 2 rings (SSSR count). The van der Waals surface area contributed by atoms with Gasteiger partial charge in [-0.05, 0) is 30.9 Å². The van der Waals surface area contributed by atoms with E-state index >= 15 is 0 Å². The second-order valence-corrected chi connectivity index (χ2v) is 7.37. The van der Waals surface area contributed by atoms with Gasteiger partial charge in [-0.2, -0.15) is 0 Å². The van der Waals surface area contributed by atoms with E-state index in [0.717, 1.165) is 23.6 Å². The molecule has 8 heteroatoms. The first kappa shape index (κ1) is 25.3. The second-order valence-electron chi connectivity index (χ2n) is 7.37. The first-order chi connectivity index (χ1) is 13.5. The maximum atomic E-state index is 11.9. The molecule has 7 nitrogen and oxygen atoms in total. The van der Waals surface area contributed by atoms with Crippen molar-refractivity contribution < 1.29 is 14.3 Å². The first-order valence-corrected chi connectivity index (χ1v) is 9.96. The zero-order valence-electron chi connectivity index (χ0n) is 18.0. The third-order valence-electron chi connectivity index (χ3n) is 5.09. The fraction of sp³-hybridized carbons (Fsp3) is 0.619. The molecule has 1 aromatic carbocycles. The van der Waals surface area contributed by atoms with E-state index in [4.69, 9.17) is 9.47 Å². The maximum Gasteiger partial charge on any atom is 0.241 e. The van der Waals surface area contributed by atoms with Crippen LogP contribution in [-0.4, -0.2) is 58.2 Å². The summed E-state index contributed by atoms with van der Waals surface area (Å²) in [5.74, 6) is 2.81. The van der Waals surface area contributed by atoms with Crippen molar-refractivity contribution in [3.63, 3.8) is 0 Å². The van der Waals surface area contributed by atoms with Crippen molar-refractivity contribution in [3.8, 4) is 11.5 Å². The van der Waals surface area contributed by atoms with E-state index < -0.39 is 0 Å². The number of benzene rings is 1. The molecule has 0 aromatic heterocycles. The van der Waals surface area contributed by atoms with Crippen molar-refractivity contribution in [2.45, 2.75) is 38.6 Å². The van der Waals surface area contributed by atoms with Crippen LogP contribution < -0.4 is 20.1 Å². The molecule has 164 valence electrons. The molecule has 1 saturated carbocycles. The Morgan fingerprint density at radius 3 is 2.48 bits per heavy atom. The molecule has 0 unspecified atom stereocenters. The van der Waals surface area contributed by atoms with E-state index in [0.29, 0.717) is 18.4 Å². The molecule has 0 saturated heterocycles. The van der Waals surface area contributed by atoms with Crippen LogP contribution in [0.25, 0.3) is 0 Å². The molecule has 0 aliphatic heterocycles. The lowest BCUT2D eigenvalue weighted by atomic mass is 9.89. The molecule has 0 atom stereocenters. The van der Waals surface area contributed by atoms with Crippen LogP contribution >= 0.6 is 24.0 Å². The zero-order chi connectivity index (χ0) is 20.4. The van der Waals surface area contributed by atoms with Gasteiger partial charge in [0.15, 0.2) is 5.96 Å². The van der Waals surface area contributed by atoms with Gasteiger partial charge < -0.3 is 25.0 Å². The number of ether oxygens (including phenoxy) is 2. The number of amides is 1. The largest absolute Gasteiger partial charge is 0.497 e. The fourth-order valence-corrected chi connectivity index (χ4v) is 3.27. The number of rotatable bonds is 8. The third-order valence-corrected chi connectivity index (χ3v) is 5.09. The van der Waals surface area contributed by atoms with E-state index in [9.17, 15) is 4.79 Å². The van der Waals surface area contributed by atoms with Crippen LogP contribution in [0.1, 0.15) is 37.7 Å². The van der Waals surface area contributed by atoms with Gasteiger partial charge in [-0.25, -0.2) is 4.99 Å². The number of nitrogens with zero attached hydrogens (tertiary/aromatic N) is 2. The van der Waals surface area contributed by atoms with Crippen molar-refractivity contribution in [3.05, 3.63) is 23.8 Å². The van der Waals surface area contributed by atoms with Gasteiger partial charge in [-0.1, -0.05) is 19.3 Å². The van der Waals surface area contributed by atoms with Gasteiger partial charge >= 0.3 is 0 Å². The van der Waals surface area contributed by atoms with Crippen molar-refractivity contribution in [2.24, 2.45) is 10.9 Å². The second kappa shape index (κ2) is 13.5. The summed E-state index contributed by atoms with van der Waals surface area (Å²) in [6, 6.07) is 5.69. The molecule has 0 heterocycles. The topological polar surface area (TPSA) is 75.2 Å². The van der Waals surface area contributed by atoms with Gasteiger partial charge in [0.05, 0.1) is 27.3 Å². The SMILES string of the molecule is COc1ccc(CN=C(NCC(=O)N(C)C)NCC2CCCCC2)c(OC)c1.I. The van der Waals surface area contributed by atoms with Crippen LogP contribution in [0.5, 0.6) is 11.5 Å². The first-order valence-electron chi connectivity index (χ1n) is 9.96. The lowest BCUT2D eigenvalue weighted by molar-refractivity contribution is -0.127. The van der Waals surface area contributed by atoms with Crippen LogP contribution in [0.4, 0.5) is 0 Å². The average Bonchev–Trinajstić information content (AvgIpc) is 2.73. The Balaban J connectivity index is 0.00000420. The highest BCUT2D eigenvalue weighted by molar-refractivity contribution is 14.0. The molecular formula is C21H35IN4O3. The number of nitrogens with one attached hydrogen (secondary N) is 2. The fourth-order valence-electron chi connectivity index (χ4n) is 3.27. The molecule has 2 N–H and O–H groups in total. The molecule has 0 bridgehead atoms. The van der Waals surface area contributed by atoms with Crippen LogP contribution in [0, 0.1) is 5.92 Å². The number of aliphatic imine (C=N–C) groups is 1. The van der Waals surface area contributed by atoms with Crippen molar-refractivity contribution in [1.29, 1.82) is 0 Å². The summed E-state index contributed by atoms with van der Waals surface area (Å²) in [6.45, 7) is 1.54. The number of likely N-dealkylation sites (N-methyl/N-ethyl adjacent to an activating group) is 1. The Morgan fingerprint density at radius 2 is 1.86 bits per heavy atom. The standard InChI is InChI=1S/C21H34N4O3.HI/c1-25(2)20(26)15-24-21(22-13-16-8-6-5-7-9-16)23-14-17-10-11-18(27-3)12-19(17)28-4;/h10-12,16H,5-9,13-15H2,1-4H3,(H2,22,23,24);1H. The van der Waals surface area contributed by atoms with Crippen LogP contribution in [-0.2, 0) is 11.3 Å². The number of methoxy groups -OCH3 is 2. The van der Waals surface area contributed by atoms with E-state index in [1.54, 1.807) is 33.2 Å². The molecule has 1 aliphatic carbocycles. The minimum atomic E-state index is 0. The predicted octanol–water partition coefficient (Wildman–Crippen LogP) is 3.03. The lowest BCUT2D eigenvalue weighted by Gasteiger charge is -2.23. The van der Waals surface area contributed by atoms with E-state index in [1.807, 2.05) is 18.2 Å². The molecule has 1 fully saturated rings. The summed E-state index contributed by atoms with van der Waals surface area (Å²) < 4.78 is 10.7. The van der Waals surface area contributed by atoms with Gasteiger partial charge in [0.2, 0.25) is 5.91 Å². The highest BCUT2D eigenvalue weighted by Crippen LogP contribution is 2.25. The molecule has 29 heavy (non-hydrogen) atoms. The molecule has 1 aliphatic rings. The van der Waals surface area contributed by atoms with E-state index in [-0.39, 0.29) is 36.4 Å². The van der Waals surface area contributed by atoms with Crippen LogP contribution in [0.15, 0.2) is 23.2 Å². The minimum Gasteiger partial charge on any atom is -0.497 e. The smallest absolute Gasteiger partial charge is 0.241 e. The number of carbonyl (C=O) groups excluding carboxylic acids is 1. The Labute approximate surface area is 191 Å². The zero-order valence-corrected chi connectivity index (χ0v) is 20.3. The summed E-state index contributed by atoms with van der Waals surface area (Å²) in [7, 11) is 6.76.